The number of rotatable bonds is 4. The van der Waals surface area contributed by atoms with Crippen LogP contribution in [0.1, 0.15) is 32.7 Å². The van der Waals surface area contributed by atoms with Crippen molar-refractivity contribution in [3.8, 4) is 0 Å². The van der Waals surface area contributed by atoms with E-state index in [-0.39, 0.29) is 11.8 Å². The maximum Gasteiger partial charge on any atom is 0.261 e. The van der Waals surface area contributed by atoms with E-state index in [1.54, 1.807) is 18.6 Å². The van der Waals surface area contributed by atoms with Crippen LogP contribution in [0, 0.1) is 6.92 Å². The molecular formula is C15H15N3O2. The van der Waals surface area contributed by atoms with Crippen LogP contribution in [-0.4, -0.2) is 32.8 Å². The van der Waals surface area contributed by atoms with Crippen LogP contribution in [0.2, 0.25) is 0 Å². The molecule has 0 spiro atoms. The zero-order chi connectivity index (χ0) is 14.1. The van der Waals surface area contributed by atoms with Crippen molar-refractivity contribution in [1.29, 1.82) is 0 Å². The van der Waals surface area contributed by atoms with E-state index in [1.807, 2.05) is 29.8 Å². The van der Waals surface area contributed by atoms with Crippen molar-refractivity contribution in [2.75, 3.05) is 6.54 Å². The second-order valence-electron chi connectivity index (χ2n) is 4.91. The van der Waals surface area contributed by atoms with Crippen LogP contribution in [0.5, 0.6) is 0 Å². The molecule has 0 saturated heterocycles. The van der Waals surface area contributed by atoms with Gasteiger partial charge in [-0.15, -0.1) is 0 Å². The SMILES string of the molecule is Cc1cccc2c1C(=O)N(CCCn1ccnc1)C2=O. The van der Waals surface area contributed by atoms with Crippen LogP contribution in [0.25, 0.3) is 0 Å². The first kappa shape index (κ1) is 12.6. The van der Waals surface area contributed by atoms with Gasteiger partial charge in [0.05, 0.1) is 17.5 Å². The van der Waals surface area contributed by atoms with E-state index in [0.29, 0.717) is 17.7 Å². The normalized spacial score (nSPS) is 13.9. The Morgan fingerprint density at radius 2 is 2.00 bits per heavy atom. The van der Waals surface area contributed by atoms with Gasteiger partial charge in [0.15, 0.2) is 0 Å². The minimum Gasteiger partial charge on any atom is -0.337 e. The van der Waals surface area contributed by atoms with Gasteiger partial charge in [0.25, 0.3) is 11.8 Å². The molecule has 2 aromatic rings. The average Bonchev–Trinajstić information content (AvgIpc) is 3.02. The summed E-state index contributed by atoms with van der Waals surface area (Å²) >= 11 is 0. The molecule has 0 saturated carbocycles. The molecule has 102 valence electrons. The fraction of sp³-hybridized carbons (Fsp3) is 0.267. The zero-order valence-corrected chi connectivity index (χ0v) is 11.2. The van der Waals surface area contributed by atoms with Gasteiger partial charge in [-0.25, -0.2) is 4.98 Å². The number of imidazole rings is 1. The molecule has 1 aliphatic rings. The van der Waals surface area contributed by atoms with Gasteiger partial charge in [0, 0.05) is 25.5 Å². The lowest BCUT2D eigenvalue weighted by Gasteiger charge is -2.13. The number of nitrogens with zero attached hydrogens (tertiary/aromatic N) is 3. The Balaban J connectivity index is 1.72. The molecule has 20 heavy (non-hydrogen) atoms. The topological polar surface area (TPSA) is 55.2 Å². The van der Waals surface area contributed by atoms with Crippen LogP contribution >= 0.6 is 0 Å². The molecule has 0 bridgehead atoms. The van der Waals surface area contributed by atoms with Crippen molar-refractivity contribution < 1.29 is 9.59 Å². The number of aryl methyl sites for hydroxylation is 2. The van der Waals surface area contributed by atoms with Gasteiger partial charge in [-0.3, -0.25) is 14.5 Å². The van der Waals surface area contributed by atoms with E-state index in [0.717, 1.165) is 18.5 Å². The minimum absolute atomic E-state index is 0.172. The molecule has 0 unspecified atom stereocenters. The molecule has 1 aromatic carbocycles. The van der Waals surface area contributed by atoms with Gasteiger partial charge in [0.1, 0.15) is 0 Å². The summed E-state index contributed by atoms with van der Waals surface area (Å²) in [6, 6.07) is 5.39. The predicted molar refractivity (Wildman–Crippen MR) is 73.4 cm³/mol. The second kappa shape index (κ2) is 4.92. The smallest absolute Gasteiger partial charge is 0.261 e. The van der Waals surface area contributed by atoms with E-state index >= 15 is 0 Å². The third-order valence-electron chi connectivity index (χ3n) is 3.56. The fourth-order valence-corrected chi connectivity index (χ4v) is 2.54. The van der Waals surface area contributed by atoms with Crippen LogP contribution in [0.15, 0.2) is 36.9 Å². The largest absolute Gasteiger partial charge is 0.337 e. The first-order chi connectivity index (χ1) is 9.68. The fourth-order valence-electron chi connectivity index (χ4n) is 2.54. The molecular weight excluding hydrogens is 254 g/mol. The quantitative estimate of drug-likeness (QED) is 0.796. The Morgan fingerprint density at radius 1 is 1.15 bits per heavy atom. The Hall–Kier alpha value is -2.43. The number of amides is 2. The number of carbonyl (C=O) groups excluding carboxylic acids is 2. The molecule has 1 aliphatic heterocycles. The standard InChI is InChI=1S/C15H15N3O2/c1-11-4-2-5-12-13(11)15(20)18(14(12)19)8-3-7-17-9-6-16-10-17/h2,4-6,9-10H,3,7-8H2,1H3. The molecule has 0 radical (unpaired) electrons. The Morgan fingerprint density at radius 3 is 2.70 bits per heavy atom. The Kier molecular flexibility index (Phi) is 3.10. The van der Waals surface area contributed by atoms with Crippen molar-refractivity contribution in [1.82, 2.24) is 14.5 Å². The van der Waals surface area contributed by atoms with E-state index in [9.17, 15) is 9.59 Å². The highest BCUT2D eigenvalue weighted by Crippen LogP contribution is 2.25. The third-order valence-corrected chi connectivity index (χ3v) is 3.56. The summed E-state index contributed by atoms with van der Waals surface area (Å²) < 4.78 is 1.93. The summed E-state index contributed by atoms with van der Waals surface area (Å²) in [7, 11) is 0. The van der Waals surface area contributed by atoms with Gasteiger partial charge in [0.2, 0.25) is 0 Å². The zero-order valence-electron chi connectivity index (χ0n) is 11.2. The van der Waals surface area contributed by atoms with E-state index in [2.05, 4.69) is 4.98 Å². The van der Waals surface area contributed by atoms with Gasteiger partial charge in [-0.1, -0.05) is 12.1 Å². The second-order valence-corrected chi connectivity index (χ2v) is 4.91. The maximum atomic E-state index is 12.3. The summed E-state index contributed by atoms with van der Waals surface area (Å²) in [6.07, 6.45) is 6.03. The average molecular weight is 269 g/mol. The summed E-state index contributed by atoms with van der Waals surface area (Å²) in [5, 5.41) is 0. The maximum absolute atomic E-state index is 12.3. The summed E-state index contributed by atoms with van der Waals surface area (Å²) in [6.45, 7) is 3.04. The van der Waals surface area contributed by atoms with Crippen LogP contribution in [0.4, 0.5) is 0 Å². The van der Waals surface area contributed by atoms with Crippen molar-refractivity contribution in [3.63, 3.8) is 0 Å². The molecule has 0 aliphatic carbocycles. The Bertz CT molecular complexity index is 662. The number of imide groups is 1. The molecule has 3 rings (SSSR count). The Labute approximate surface area is 116 Å². The molecule has 5 nitrogen and oxygen atoms in total. The van der Waals surface area contributed by atoms with Crippen LogP contribution in [-0.2, 0) is 6.54 Å². The number of hydrogen-bond acceptors (Lipinski definition) is 3. The van der Waals surface area contributed by atoms with Crippen LogP contribution < -0.4 is 0 Å². The summed E-state index contributed by atoms with van der Waals surface area (Å²) in [5.41, 5.74) is 1.94. The van der Waals surface area contributed by atoms with Crippen molar-refractivity contribution in [2.45, 2.75) is 19.9 Å². The minimum atomic E-state index is -0.181. The van der Waals surface area contributed by atoms with E-state index < -0.39 is 0 Å². The van der Waals surface area contributed by atoms with Gasteiger partial charge < -0.3 is 4.57 Å². The number of fused-ring (bicyclic) bond motifs is 1. The lowest BCUT2D eigenvalue weighted by molar-refractivity contribution is 0.0650. The highest BCUT2D eigenvalue weighted by molar-refractivity contribution is 6.21. The van der Waals surface area contributed by atoms with Crippen LogP contribution in [0.3, 0.4) is 0 Å². The van der Waals surface area contributed by atoms with E-state index in [4.69, 9.17) is 0 Å². The molecule has 2 heterocycles. The summed E-state index contributed by atoms with van der Waals surface area (Å²) in [4.78, 5) is 29.8. The number of benzene rings is 1. The molecule has 0 N–H and O–H groups in total. The van der Waals surface area contributed by atoms with Crippen molar-refractivity contribution in [3.05, 3.63) is 53.6 Å². The number of carbonyl (C=O) groups is 2. The van der Waals surface area contributed by atoms with Gasteiger partial charge in [-0.05, 0) is 25.0 Å². The monoisotopic (exact) mass is 269 g/mol. The summed E-state index contributed by atoms with van der Waals surface area (Å²) in [5.74, 6) is -0.354. The lowest BCUT2D eigenvalue weighted by Crippen LogP contribution is -2.31. The molecule has 0 fully saturated rings. The third kappa shape index (κ3) is 2.01. The molecule has 2 amide bonds. The van der Waals surface area contributed by atoms with E-state index in [1.165, 1.54) is 4.90 Å². The highest BCUT2D eigenvalue weighted by atomic mass is 16.2. The van der Waals surface area contributed by atoms with Crippen molar-refractivity contribution in [2.24, 2.45) is 0 Å². The highest BCUT2D eigenvalue weighted by Gasteiger charge is 2.35. The molecule has 5 heteroatoms. The molecule has 1 aromatic heterocycles. The lowest BCUT2D eigenvalue weighted by atomic mass is 10.0. The molecule has 0 atom stereocenters. The predicted octanol–water partition coefficient (Wildman–Crippen LogP) is 1.88. The van der Waals surface area contributed by atoms with Crippen molar-refractivity contribution >= 4 is 11.8 Å². The first-order valence-electron chi connectivity index (χ1n) is 6.60. The number of aromatic nitrogens is 2. The number of hydrogen-bond donors (Lipinski definition) is 0. The van der Waals surface area contributed by atoms with Gasteiger partial charge >= 0.3 is 0 Å². The van der Waals surface area contributed by atoms with Gasteiger partial charge in [-0.2, -0.15) is 0 Å². The first-order valence-corrected chi connectivity index (χ1v) is 6.60.